The molecule has 0 spiro atoms. The van der Waals surface area contributed by atoms with Crippen LogP contribution in [0.1, 0.15) is 43.4 Å². The minimum atomic E-state index is -0.861. The van der Waals surface area contributed by atoms with Crippen LogP contribution in [0, 0.1) is 0 Å². The first-order chi connectivity index (χ1) is 11.1. The highest BCUT2D eigenvalue weighted by molar-refractivity contribution is 5.78. The van der Waals surface area contributed by atoms with Crippen molar-refractivity contribution in [2.45, 2.75) is 32.2 Å². The molecule has 1 N–H and O–H groups in total. The Morgan fingerprint density at radius 1 is 1.17 bits per heavy atom. The highest BCUT2D eigenvalue weighted by Crippen LogP contribution is 2.28. The van der Waals surface area contributed by atoms with Gasteiger partial charge in [-0.3, -0.25) is 4.79 Å². The molecule has 2 aliphatic heterocycles. The van der Waals surface area contributed by atoms with Gasteiger partial charge in [-0.05, 0) is 36.5 Å². The molecule has 2 aliphatic rings. The molecule has 0 aromatic heterocycles. The van der Waals surface area contributed by atoms with Gasteiger partial charge >= 0.3 is 6.09 Å². The zero-order valence-corrected chi connectivity index (χ0v) is 13.4. The first-order valence-corrected chi connectivity index (χ1v) is 8.13. The van der Waals surface area contributed by atoms with Crippen molar-refractivity contribution < 1.29 is 14.7 Å². The third kappa shape index (κ3) is 3.23. The van der Waals surface area contributed by atoms with Crippen LogP contribution in [0.4, 0.5) is 4.79 Å². The highest BCUT2D eigenvalue weighted by Gasteiger charge is 2.26. The Bertz CT molecular complexity index is 636. The van der Waals surface area contributed by atoms with Gasteiger partial charge < -0.3 is 14.9 Å². The van der Waals surface area contributed by atoms with Crippen molar-refractivity contribution in [2.75, 3.05) is 19.6 Å². The second kappa shape index (κ2) is 6.44. The largest absolute Gasteiger partial charge is 0.465 e. The molecule has 23 heavy (non-hydrogen) atoms. The molecule has 0 aliphatic carbocycles. The molecule has 2 heterocycles. The quantitative estimate of drug-likeness (QED) is 0.932. The van der Waals surface area contributed by atoms with Crippen LogP contribution in [0.25, 0.3) is 5.57 Å². The molecule has 5 heteroatoms. The van der Waals surface area contributed by atoms with E-state index in [9.17, 15) is 9.59 Å². The van der Waals surface area contributed by atoms with Crippen LogP contribution in [-0.2, 0) is 4.79 Å². The number of nitrogens with zero attached hydrogens (tertiary/aromatic N) is 2. The van der Waals surface area contributed by atoms with Crippen LogP contribution in [-0.4, -0.2) is 46.5 Å². The number of amides is 2. The van der Waals surface area contributed by atoms with E-state index < -0.39 is 6.09 Å². The van der Waals surface area contributed by atoms with Gasteiger partial charge in [-0.2, -0.15) is 0 Å². The summed E-state index contributed by atoms with van der Waals surface area (Å²) in [5.74, 6) is 0.241. The fourth-order valence-corrected chi connectivity index (χ4v) is 3.34. The van der Waals surface area contributed by atoms with E-state index in [0.717, 1.165) is 30.5 Å². The third-order valence-electron chi connectivity index (χ3n) is 4.82. The standard InChI is InChI=1S/C18H22N2O3/c1-13(20-10-2-3-17(20)21)14-4-6-15(7-5-14)16-8-11-19(12-9-16)18(22)23/h4-8,13H,2-3,9-12H2,1H3,(H,22,23)/t13-/m0/s1. The Kier molecular flexibility index (Phi) is 4.37. The molecule has 1 aromatic rings. The average Bonchev–Trinajstić information content (AvgIpc) is 3.00. The summed E-state index contributed by atoms with van der Waals surface area (Å²) in [5.41, 5.74) is 3.48. The van der Waals surface area contributed by atoms with E-state index in [4.69, 9.17) is 5.11 Å². The second-order valence-electron chi connectivity index (χ2n) is 6.20. The van der Waals surface area contributed by atoms with Crippen LogP contribution < -0.4 is 0 Å². The van der Waals surface area contributed by atoms with Crippen molar-refractivity contribution in [1.82, 2.24) is 9.80 Å². The predicted octanol–water partition coefficient (Wildman–Crippen LogP) is 3.14. The molecule has 0 unspecified atom stereocenters. The smallest absolute Gasteiger partial charge is 0.407 e. The number of hydrogen-bond acceptors (Lipinski definition) is 2. The number of carbonyl (C=O) groups excluding carboxylic acids is 1. The minimum absolute atomic E-state index is 0.113. The van der Waals surface area contributed by atoms with Crippen LogP contribution in [0.3, 0.4) is 0 Å². The summed E-state index contributed by atoms with van der Waals surface area (Å²) in [6, 6.07) is 8.43. The zero-order valence-electron chi connectivity index (χ0n) is 13.4. The van der Waals surface area contributed by atoms with Crippen molar-refractivity contribution in [3.8, 4) is 0 Å². The Morgan fingerprint density at radius 2 is 1.91 bits per heavy atom. The third-order valence-corrected chi connectivity index (χ3v) is 4.82. The maximum absolute atomic E-state index is 11.9. The first kappa shape index (κ1) is 15.6. The predicted molar refractivity (Wildman–Crippen MR) is 88.0 cm³/mol. The lowest BCUT2D eigenvalue weighted by molar-refractivity contribution is -0.129. The monoisotopic (exact) mass is 314 g/mol. The summed E-state index contributed by atoms with van der Waals surface area (Å²) in [6.45, 7) is 3.91. The molecule has 1 fully saturated rings. The van der Waals surface area contributed by atoms with Gasteiger partial charge in [0.1, 0.15) is 0 Å². The van der Waals surface area contributed by atoms with Gasteiger partial charge in [-0.25, -0.2) is 4.79 Å². The van der Waals surface area contributed by atoms with Gasteiger partial charge in [0.15, 0.2) is 0 Å². The number of rotatable bonds is 3. The SMILES string of the molecule is C[C@@H](c1ccc(C2=CCN(C(=O)O)CC2)cc1)N1CCCC1=O. The normalized spacial score (nSPS) is 19.7. The summed E-state index contributed by atoms with van der Waals surface area (Å²) in [5, 5.41) is 8.98. The van der Waals surface area contributed by atoms with Crippen LogP contribution in [0.2, 0.25) is 0 Å². The number of benzene rings is 1. The molecule has 1 atom stereocenters. The molecule has 0 bridgehead atoms. The molecule has 0 radical (unpaired) electrons. The van der Waals surface area contributed by atoms with E-state index in [1.54, 1.807) is 0 Å². The van der Waals surface area contributed by atoms with E-state index >= 15 is 0 Å². The van der Waals surface area contributed by atoms with Gasteiger partial charge in [0.25, 0.3) is 0 Å². The van der Waals surface area contributed by atoms with Gasteiger partial charge in [0.05, 0.1) is 6.04 Å². The summed E-state index contributed by atoms with van der Waals surface area (Å²) in [7, 11) is 0. The molecule has 1 saturated heterocycles. The lowest BCUT2D eigenvalue weighted by Gasteiger charge is -2.26. The van der Waals surface area contributed by atoms with Crippen LogP contribution in [0.15, 0.2) is 30.3 Å². The van der Waals surface area contributed by atoms with Crippen LogP contribution >= 0.6 is 0 Å². The molecule has 1 aromatic carbocycles. The van der Waals surface area contributed by atoms with Crippen LogP contribution in [0.5, 0.6) is 0 Å². The summed E-state index contributed by atoms with van der Waals surface area (Å²) >= 11 is 0. The molecular weight excluding hydrogens is 292 g/mol. The fraction of sp³-hybridized carbons (Fsp3) is 0.444. The molecule has 2 amide bonds. The number of carbonyl (C=O) groups is 2. The molecule has 0 saturated carbocycles. The first-order valence-electron chi connectivity index (χ1n) is 8.13. The van der Waals surface area contributed by atoms with Gasteiger partial charge in [-0.15, -0.1) is 0 Å². The Morgan fingerprint density at radius 3 is 2.43 bits per heavy atom. The van der Waals surface area contributed by atoms with E-state index in [2.05, 4.69) is 31.2 Å². The molecule has 122 valence electrons. The number of carboxylic acid groups (broad SMARTS) is 1. The number of hydrogen-bond donors (Lipinski definition) is 1. The van der Waals surface area contributed by atoms with E-state index in [0.29, 0.717) is 19.5 Å². The molecular formula is C18H22N2O3. The van der Waals surface area contributed by atoms with Crippen molar-refractivity contribution in [3.63, 3.8) is 0 Å². The molecule has 3 rings (SSSR count). The van der Waals surface area contributed by atoms with Gasteiger partial charge in [-0.1, -0.05) is 30.3 Å². The van der Waals surface area contributed by atoms with E-state index in [1.165, 1.54) is 10.5 Å². The Hall–Kier alpha value is -2.30. The van der Waals surface area contributed by atoms with E-state index in [1.807, 2.05) is 11.0 Å². The average molecular weight is 314 g/mol. The van der Waals surface area contributed by atoms with Crippen molar-refractivity contribution >= 4 is 17.6 Å². The summed E-state index contributed by atoms with van der Waals surface area (Å²) in [6.07, 6.45) is 3.48. The fourth-order valence-electron chi connectivity index (χ4n) is 3.34. The van der Waals surface area contributed by atoms with Crippen molar-refractivity contribution in [3.05, 3.63) is 41.5 Å². The maximum Gasteiger partial charge on any atom is 0.407 e. The van der Waals surface area contributed by atoms with Crippen molar-refractivity contribution in [2.24, 2.45) is 0 Å². The second-order valence-corrected chi connectivity index (χ2v) is 6.20. The maximum atomic E-state index is 11.9. The number of likely N-dealkylation sites (tertiary alicyclic amines) is 1. The van der Waals surface area contributed by atoms with Gasteiger partial charge in [0.2, 0.25) is 5.91 Å². The Labute approximate surface area is 136 Å². The Balaban J connectivity index is 1.70. The van der Waals surface area contributed by atoms with Crippen molar-refractivity contribution in [1.29, 1.82) is 0 Å². The lowest BCUT2D eigenvalue weighted by atomic mass is 9.97. The molecule has 5 nitrogen and oxygen atoms in total. The van der Waals surface area contributed by atoms with E-state index in [-0.39, 0.29) is 11.9 Å². The minimum Gasteiger partial charge on any atom is -0.465 e. The lowest BCUT2D eigenvalue weighted by Crippen LogP contribution is -2.33. The topological polar surface area (TPSA) is 60.9 Å². The summed E-state index contributed by atoms with van der Waals surface area (Å²) < 4.78 is 0. The highest BCUT2D eigenvalue weighted by atomic mass is 16.4. The summed E-state index contributed by atoms with van der Waals surface area (Å²) in [4.78, 5) is 26.1. The van der Waals surface area contributed by atoms with Gasteiger partial charge in [0, 0.05) is 26.1 Å². The zero-order chi connectivity index (χ0) is 16.4.